The summed E-state index contributed by atoms with van der Waals surface area (Å²) in [5.74, 6) is -1.92. The van der Waals surface area contributed by atoms with Crippen molar-refractivity contribution in [2.45, 2.75) is 0 Å². The molecule has 1 aromatic carbocycles. The van der Waals surface area contributed by atoms with Gasteiger partial charge in [-0.2, -0.15) is 0 Å². The van der Waals surface area contributed by atoms with Crippen LogP contribution in [-0.4, -0.2) is 28.2 Å². The number of nitro groups is 1. The van der Waals surface area contributed by atoms with E-state index in [0.29, 0.717) is 0 Å². The Morgan fingerprint density at radius 3 is 2.65 bits per heavy atom. The molecule has 0 fully saturated rings. The van der Waals surface area contributed by atoms with E-state index in [1.54, 1.807) is 0 Å². The lowest BCUT2D eigenvalue weighted by atomic mass is 10.1. The molecular formula is C10H9NO6. The maximum Gasteiger partial charge on any atom is 0.328 e. The number of methoxy groups -OCH3 is 1. The second-order valence-corrected chi connectivity index (χ2v) is 2.98. The average Bonchev–Trinajstić information content (AvgIpc) is 2.26. The molecule has 0 aliphatic rings. The summed E-state index contributed by atoms with van der Waals surface area (Å²) in [6.45, 7) is 0. The number of aliphatic carboxylic acids is 1. The highest BCUT2D eigenvalue weighted by atomic mass is 16.6. The van der Waals surface area contributed by atoms with Gasteiger partial charge >= 0.3 is 11.7 Å². The molecule has 0 saturated heterocycles. The minimum atomic E-state index is -1.23. The molecule has 0 bridgehead atoms. The SMILES string of the molecule is COc1c(O)ccc(C=CC(=O)O)c1[N+](=O)[O-]. The first-order valence-corrected chi connectivity index (χ1v) is 4.42. The number of aromatic hydroxyl groups is 1. The maximum atomic E-state index is 10.8. The quantitative estimate of drug-likeness (QED) is 0.467. The van der Waals surface area contributed by atoms with Gasteiger partial charge in [-0.25, -0.2) is 4.79 Å². The van der Waals surface area contributed by atoms with E-state index in [-0.39, 0.29) is 17.1 Å². The molecule has 0 atom stereocenters. The van der Waals surface area contributed by atoms with Crippen molar-refractivity contribution >= 4 is 17.7 Å². The summed E-state index contributed by atoms with van der Waals surface area (Å²) in [6, 6.07) is 2.42. The summed E-state index contributed by atoms with van der Waals surface area (Å²) in [7, 11) is 1.17. The van der Waals surface area contributed by atoms with E-state index in [1.807, 2.05) is 0 Å². The Morgan fingerprint density at radius 1 is 1.53 bits per heavy atom. The van der Waals surface area contributed by atoms with Gasteiger partial charge in [0, 0.05) is 6.08 Å². The molecule has 0 aromatic heterocycles. The van der Waals surface area contributed by atoms with Crippen LogP contribution in [0.1, 0.15) is 5.56 Å². The first-order chi connectivity index (χ1) is 7.97. The van der Waals surface area contributed by atoms with Crippen molar-refractivity contribution < 1.29 is 24.7 Å². The second kappa shape index (κ2) is 4.97. The fourth-order valence-corrected chi connectivity index (χ4v) is 1.26. The number of benzene rings is 1. The molecule has 7 heteroatoms. The van der Waals surface area contributed by atoms with Crippen molar-refractivity contribution in [1.82, 2.24) is 0 Å². The van der Waals surface area contributed by atoms with Crippen LogP contribution in [0.15, 0.2) is 18.2 Å². The monoisotopic (exact) mass is 239 g/mol. The van der Waals surface area contributed by atoms with Crippen LogP contribution in [0.5, 0.6) is 11.5 Å². The lowest BCUT2D eigenvalue weighted by Crippen LogP contribution is -1.97. The van der Waals surface area contributed by atoms with Gasteiger partial charge in [0.2, 0.25) is 5.75 Å². The van der Waals surface area contributed by atoms with E-state index < -0.39 is 16.6 Å². The van der Waals surface area contributed by atoms with Gasteiger partial charge in [-0.1, -0.05) is 0 Å². The highest BCUT2D eigenvalue weighted by molar-refractivity contribution is 5.87. The minimum absolute atomic E-state index is 0.0343. The molecule has 0 amide bonds. The van der Waals surface area contributed by atoms with Crippen molar-refractivity contribution in [3.8, 4) is 11.5 Å². The first kappa shape index (κ1) is 12.5. The average molecular weight is 239 g/mol. The first-order valence-electron chi connectivity index (χ1n) is 4.42. The number of rotatable bonds is 4. The van der Waals surface area contributed by atoms with Crippen LogP contribution in [0.25, 0.3) is 6.08 Å². The molecule has 0 aliphatic carbocycles. The Labute approximate surface area is 95.7 Å². The van der Waals surface area contributed by atoms with Gasteiger partial charge in [-0.05, 0) is 18.2 Å². The normalized spacial score (nSPS) is 10.4. The van der Waals surface area contributed by atoms with E-state index in [9.17, 15) is 20.0 Å². The zero-order chi connectivity index (χ0) is 13.0. The number of nitrogens with zero attached hydrogens (tertiary/aromatic N) is 1. The van der Waals surface area contributed by atoms with Gasteiger partial charge in [-0.15, -0.1) is 0 Å². The van der Waals surface area contributed by atoms with E-state index in [0.717, 1.165) is 12.2 Å². The van der Waals surface area contributed by atoms with Crippen molar-refractivity contribution in [3.05, 3.63) is 33.9 Å². The van der Waals surface area contributed by atoms with Gasteiger partial charge in [0.15, 0.2) is 5.75 Å². The maximum absolute atomic E-state index is 10.8. The van der Waals surface area contributed by atoms with Crippen molar-refractivity contribution in [1.29, 1.82) is 0 Å². The molecule has 7 nitrogen and oxygen atoms in total. The third-order valence-corrected chi connectivity index (χ3v) is 1.93. The molecule has 0 heterocycles. The highest BCUT2D eigenvalue weighted by Crippen LogP contribution is 2.39. The number of nitro benzene ring substituents is 1. The van der Waals surface area contributed by atoms with Crippen LogP contribution < -0.4 is 4.74 Å². The fraction of sp³-hybridized carbons (Fsp3) is 0.100. The predicted molar refractivity (Wildman–Crippen MR) is 58.0 cm³/mol. The van der Waals surface area contributed by atoms with E-state index in [2.05, 4.69) is 0 Å². The van der Waals surface area contributed by atoms with Gasteiger partial charge in [0.25, 0.3) is 0 Å². The Hall–Kier alpha value is -2.57. The molecule has 0 unspecified atom stereocenters. The molecule has 1 aromatic rings. The van der Waals surface area contributed by atoms with Gasteiger partial charge in [-0.3, -0.25) is 10.1 Å². The molecule has 0 saturated carbocycles. The standard InChI is InChI=1S/C10H9NO6/c1-17-10-7(12)4-2-6(3-5-8(13)14)9(10)11(15)16/h2-5,12H,1H3,(H,13,14). The minimum Gasteiger partial charge on any atom is -0.504 e. The van der Waals surface area contributed by atoms with E-state index in [1.165, 1.54) is 19.2 Å². The third-order valence-electron chi connectivity index (χ3n) is 1.93. The molecule has 0 aliphatic heterocycles. The lowest BCUT2D eigenvalue weighted by molar-refractivity contribution is -0.386. The largest absolute Gasteiger partial charge is 0.504 e. The molecular weight excluding hydrogens is 230 g/mol. The third kappa shape index (κ3) is 2.71. The zero-order valence-corrected chi connectivity index (χ0v) is 8.78. The highest BCUT2D eigenvalue weighted by Gasteiger charge is 2.22. The summed E-state index contributed by atoms with van der Waals surface area (Å²) < 4.78 is 4.71. The number of carboxylic acids is 1. The molecule has 2 N–H and O–H groups in total. The fourth-order valence-electron chi connectivity index (χ4n) is 1.26. The van der Waals surface area contributed by atoms with Crippen molar-refractivity contribution in [3.63, 3.8) is 0 Å². The number of carboxylic acid groups (broad SMARTS) is 1. The Bertz CT molecular complexity index is 494. The number of phenols is 1. The van der Waals surface area contributed by atoms with Crippen LogP contribution in [0.4, 0.5) is 5.69 Å². The summed E-state index contributed by atoms with van der Waals surface area (Å²) in [5, 5.41) is 28.7. The molecule has 0 radical (unpaired) electrons. The lowest BCUT2D eigenvalue weighted by Gasteiger charge is -2.05. The number of ether oxygens (including phenoxy) is 1. The van der Waals surface area contributed by atoms with Crippen LogP contribution in [0, 0.1) is 10.1 Å². The topological polar surface area (TPSA) is 110 Å². The summed E-state index contributed by atoms with van der Waals surface area (Å²) in [6.07, 6.45) is 1.82. The second-order valence-electron chi connectivity index (χ2n) is 2.98. The summed E-state index contributed by atoms with van der Waals surface area (Å²) in [5.41, 5.74) is -0.447. The number of hydrogen-bond acceptors (Lipinski definition) is 5. The molecule has 17 heavy (non-hydrogen) atoms. The van der Waals surface area contributed by atoms with Crippen LogP contribution in [-0.2, 0) is 4.79 Å². The summed E-state index contributed by atoms with van der Waals surface area (Å²) >= 11 is 0. The van der Waals surface area contributed by atoms with E-state index in [4.69, 9.17) is 9.84 Å². The Morgan fingerprint density at radius 2 is 2.18 bits per heavy atom. The summed E-state index contributed by atoms with van der Waals surface area (Å²) in [4.78, 5) is 20.4. The van der Waals surface area contributed by atoms with Gasteiger partial charge in [0.1, 0.15) is 0 Å². The van der Waals surface area contributed by atoms with Gasteiger partial charge in [0.05, 0.1) is 17.6 Å². The molecule has 1 rings (SSSR count). The zero-order valence-electron chi connectivity index (χ0n) is 8.78. The predicted octanol–water partition coefficient (Wildman–Crippen LogP) is 1.41. The van der Waals surface area contributed by atoms with E-state index >= 15 is 0 Å². The number of hydrogen-bond donors (Lipinski definition) is 2. The van der Waals surface area contributed by atoms with Crippen LogP contribution in [0.2, 0.25) is 0 Å². The van der Waals surface area contributed by atoms with Crippen molar-refractivity contribution in [2.24, 2.45) is 0 Å². The molecule has 90 valence electrons. The van der Waals surface area contributed by atoms with Crippen molar-refractivity contribution in [2.75, 3.05) is 7.11 Å². The van der Waals surface area contributed by atoms with Gasteiger partial charge < -0.3 is 14.9 Å². The Balaban J connectivity index is 3.40. The van der Waals surface area contributed by atoms with Crippen LogP contribution >= 0.6 is 0 Å². The molecule has 0 spiro atoms. The van der Waals surface area contributed by atoms with Crippen LogP contribution in [0.3, 0.4) is 0 Å². The number of carbonyl (C=O) groups is 1. The Kier molecular flexibility index (Phi) is 3.66. The number of phenolic OH excluding ortho intramolecular Hbond substituents is 1. The smallest absolute Gasteiger partial charge is 0.328 e.